The van der Waals surface area contributed by atoms with Crippen LogP contribution in [0.4, 0.5) is 0 Å². The Morgan fingerprint density at radius 3 is 2.70 bits per heavy atom. The molecular weight excluding hydrogens is 314 g/mol. The van der Waals surface area contributed by atoms with Crippen LogP contribution in [0.5, 0.6) is 5.75 Å². The van der Waals surface area contributed by atoms with Crippen molar-refractivity contribution in [3.8, 4) is 5.75 Å². The number of carbonyl (C=O) groups is 1. The van der Waals surface area contributed by atoms with E-state index in [1.54, 1.807) is 29.8 Å². The molecule has 2 aromatic rings. The third-order valence-corrected chi connectivity index (χ3v) is 3.85. The number of aromatic nitrogens is 2. The maximum atomic E-state index is 12.1. The third kappa shape index (κ3) is 4.60. The average molecular weight is 334 g/mol. The molecule has 0 atom stereocenters. The Morgan fingerprint density at radius 2 is 2.09 bits per heavy atom. The number of likely N-dealkylation sites (N-methyl/N-ethyl adjacent to an activating group) is 1. The lowest BCUT2D eigenvalue weighted by molar-refractivity contribution is -0.125. The van der Waals surface area contributed by atoms with Crippen LogP contribution in [-0.2, 0) is 11.8 Å². The molecule has 0 unspecified atom stereocenters. The third-order valence-electron chi connectivity index (χ3n) is 3.40. The van der Waals surface area contributed by atoms with Crippen LogP contribution in [0.3, 0.4) is 0 Å². The van der Waals surface area contributed by atoms with Crippen molar-refractivity contribution in [2.24, 2.45) is 7.05 Å². The van der Waals surface area contributed by atoms with Gasteiger partial charge in [0.15, 0.2) is 0 Å². The van der Waals surface area contributed by atoms with Crippen molar-refractivity contribution in [1.29, 1.82) is 0 Å². The van der Waals surface area contributed by atoms with Crippen molar-refractivity contribution in [1.82, 2.24) is 14.7 Å². The van der Waals surface area contributed by atoms with Crippen LogP contribution in [0.15, 0.2) is 36.4 Å². The van der Waals surface area contributed by atoms with Gasteiger partial charge in [0.25, 0.3) is 0 Å². The van der Waals surface area contributed by atoms with E-state index >= 15 is 0 Å². The molecule has 1 heterocycles. The van der Waals surface area contributed by atoms with Crippen molar-refractivity contribution in [3.05, 3.63) is 52.8 Å². The zero-order valence-electron chi connectivity index (χ0n) is 13.5. The fraction of sp³-hybridized carbons (Fsp3) is 0.294. The minimum Gasteiger partial charge on any atom is -0.492 e. The van der Waals surface area contributed by atoms with Crippen LogP contribution in [0.1, 0.15) is 11.3 Å². The monoisotopic (exact) mass is 333 g/mol. The number of benzene rings is 1. The normalized spacial score (nSPS) is 11.0. The van der Waals surface area contributed by atoms with Gasteiger partial charge in [-0.15, -0.1) is 0 Å². The highest BCUT2D eigenvalue weighted by molar-refractivity contribution is 6.31. The van der Waals surface area contributed by atoms with Crippen molar-refractivity contribution < 1.29 is 9.53 Å². The van der Waals surface area contributed by atoms with Gasteiger partial charge in [-0.3, -0.25) is 9.48 Å². The predicted molar refractivity (Wildman–Crippen MR) is 91.6 cm³/mol. The number of carbonyl (C=O) groups excluding carboxylic acids is 1. The number of para-hydroxylation sites is 1. The number of amides is 1. The highest BCUT2D eigenvalue weighted by Crippen LogP contribution is 2.20. The van der Waals surface area contributed by atoms with E-state index in [0.717, 1.165) is 17.0 Å². The second kappa shape index (κ2) is 7.83. The number of aryl methyl sites for hydroxylation is 2. The molecule has 0 fully saturated rings. The molecule has 0 bridgehead atoms. The van der Waals surface area contributed by atoms with Gasteiger partial charge in [-0.1, -0.05) is 29.8 Å². The summed E-state index contributed by atoms with van der Waals surface area (Å²) in [5.74, 6) is 0.683. The SMILES string of the molecule is Cc1nn(C)c(Cl)c1/C=C/C(=O)N(C)CCOc1ccccc1. The maximum absolute atomic E-state index is 12.1. The molecule has 1 amide bonds. The molecule has 0 saturated heterocycles. The van der Waals surface area contributed by atoms with Crippen molar-refractivity contribution in [2.45, 2.75) is 6.92 Å². The van der Waals surface area contributed by atoms with E-state index in [-0.39, 0.29) is 5.91 Å². The Labute approximate surface area is 141 Å². The van der Waals surface area contributed by atoms with Crippen molar-refractivity contribution >= 4 is 23.6 Å². The Balaban J connectivity index is 1.86. The molecule has 1 aromatic carbocycles. The lowest BCUT2D eigenvalue weighted by Gasteiger charge is -2.15. The molecule has 0 saturated carbocycles. The highest BCUT2D eigenvalue weighted by atomic mass is 35.5. The summed E-state index contributed by atoms with van der Waals surface area (Å²) in [5, 5.41) is 4.72. The lowest BCUT2D eigenvalue weighted by atomic mass is 10.2. The largest absolute Gasteiger partial charge is 0.492 e. The van der Waals surface area contributed by atoms with Gasteiger partial charge in [-0.25, -0.2) is 0 Å². The van der Waals surface area contributed by atoms with Crippen LogP contribution in [-0.4, -0.2) is 40.8 Å². The molecule has 0 aliphatic carbocycles. The van der Waals surface area contributed by atoms with Crippen LogP contribution in [0.2, 0.25) is 5.15 Å². The predicted octanol–water partition coefficient (Wildman–Crippen LogP) is 2.93. The van der Waals surface area contributed by atoms with Gasteiger partial charge in [0.2, 0.25) is 5.91 Å². The van der Waals surface area contributed by atoms with E-state index in [2.05, 4.69) is 5.10 Å². The molecule has 6 heteroatoms. The van der Waals surface area contributed by atoms with E-state index in [1.807, 2.05) is 37.3 Å². The number of halogens is 1. The molecule has 122 valence electrons. The summed E-state index contributed by atoms with van der Waals surface area (Å²) >= 11 is 6.13. The minimum absolute atomic E-state index is 0.110. The second-order valence-electron chi connectivity index (χ2n) is 5.17. The van der Waals surface area contributed by atoms with E-state index < -0.39 is 0 Å². The van der Waals surface area contributed by atoms with Gasteiger partial charge < -0.3 is 9.64 Å². The first kappa shape index (κ1) is 17.1. The topological polar surface area (TPSA) is 47.4 Å². The number of nitrogens with zero attached hydrogens (tertiary/aromatic N) is 3. The summed E-state index contributed by atoms with van der Waals surface area (Å²) in [6.07, 6.45) is 3.19. The Hall–Kier alpha value is -2.27. The van der Waals surface area contributed by atoms with Crippen LogP contribution in [0, 0.1) is 6.92 Å². The molecule has 0 aliphatic rings. The van der Waals surface area contributed by atoms with Gasteiger partial charge >= 0.3 is 0 Å². The number of ether oxygens (including phenoxy) is 1. The van der Waals surface area contributed by atoms with E-state index in [9.17, 15) is 4.79 Å². The van der Waals surface area contributed by atoms with Crippen LogP contribution >= 0.6 is 11.6 Å². The molecule has 0 N–H and O–H groups in total. The zero-order valence-corrected chi connectivity index (χ0v) is 14.2. The smallest absolute Gasteiger partial charge is 0.246 e. The molecule has 2 rings (SSSR count). The molecule has 23 heavy (non-hydrogen) atoms. The molecule has 0 spiro atoms. The van der Waals surface area contributed by atoms with Crippen LogP contribution in [0.25, 0.3) is 6.08 Å². The van der Waals surface area contributed by atoms with E-state index in [1.165, 1.54) is 6.08 Å². The quantitative estimate of drug-likeness (QED) is 0.764. The summed E-state index contributed by atoms with van der Waals surface area (Å²) in [5.41, 5.74) is 1.55. The van der Waals surface area contributed by atoms with Gasteiger partial charge in [-0.05, 0) is 25.1 Å². The summed E-state index contributed by atoms with van der Waals surface area (Å²) in [6, 6.07) is 9.52. The first-order valence-corrected chi connectivity index (χ1v) is 7.67. The Bertz CT molecular complexity index is 695. The lowest BCUT2D eigenvalue weighted by Crippen LogP contribution is -2.29. The number of rotatable bonds is 6. The Morgan fingerprint density at radius 1 is 1.39 bits per heavy atom. The first-order valence-electron chi connectivity index (χ1n) is 7.29. The van der Waals surface area contributed by atoms with Gasteiger partial charge in [0.1, 0.15) is 17.5 Å². The average Bonchev–Trinajstić information content (AvgIpc) is 2.78. The maximum Gasteiger partial charge on any atom is 0.246 e. The number of hydrogen-bond donors (Lipinski definition) is 0. The fourth-order valence-corrected chi connectivity index (χ4v) is 2.28. The fourth-order valence-electron chi connectivity index (χ4n) is 2.04. The van der Waals surface area contributed by atoms with Crippen LogP contribution < -0.4 is 4.74 Å². The van der Waals surface area contributed by atoms with Crippen molar-refractivity contribution in [3.63, 3.8) is 0 Å². The molecule has 0 aliphatic heterocycles. The number of hydrogen-bond acceptors (Lipinski definition) is 3. The van der Waals surface area contributed by atoms with E-state index in [0.29, 0.717) is 18.3 Å². The van der Waals surface area contributed by atoms with E-state index in [4.69, 9.17) is 16.3 Å². The summed E-state index contributed by atoms with van der Waals surface area (Å²) in [4.78, 5) is 13.7. The zero-order chi connectivity index (χ0) is 16.8. The molecular formula is C17H20ClN3O2. The van der Waals surface area contributed by atoms with Gasteiger partial charge in [-0.2, -0.15) is 5.10 Å². The standard InChI is InChI=1S/C17H20ClN3O2/c1-13-15(17(18)21(3)19-13)9-10-16(22)20(2)11-12-23-14-7-5-4-6-8-14/h4-10H,11-12H2,1-3H3/b10-9+. The molecule has 1 aromatic heterocycles. The molecule has 0 radical (unpaired) electrons. The second-order valence-corrected chi connectivity index (χ2v) is 5.53. The van der Waals surface area contributed by atoms with Gasteiger partial charge in [0, 0.05) is 25.7 Å². The Kier molecular flexibility index (Phi) is 5.82. The molecule has 5 nitrogen and oxygen atoms in total. The minimum atomic E-state index is -0.110. The first-order chi connectivity index (χ1) is 11.0. The van der Waals surface area contributed by atoms with Gasteiger partial charge in [0.05, 0.1) is 12.2 Å². The summed E-state index contributed by atoms with van der Waals surface area (Å²) in [7, 11) is 3.50. The summed E-state index contributed by atoms with van der Waals surface area (Å²) < 4.78 is 7.16. The van der Waals surface area contributed by atoms with Crippen molar-refractivity contribution in [2.75, 3.05) is 20.2 Å². The highest BCUT2D eigenvalue weighted by Gasteiger charge is 2.10. The summed E-state index contributed by atoms with van der Waals surface area (Å²) in [6.45, 7) is 2.79.